The summed E-state index contributed by atoms with van der Waals surface area (Å²) in [6, 6.07) is 0. The molecule has 288 valence electrons. The van der Waals surface area contributed by atoms with Gasteiger partial charge in [0, 0.05) is 12.8 Å². The van der Waals surface area contributed by atoms with Crippen molar-refractivity contribution in [1.29, 1.82) is 0 Å². The predicted molar refractivity (Wildman–Crippen MR) is 208 cm³/mol. The van der Waals surface area contributed by atoms with Crippen LogP contribution < -0.4 is 5.32 Å². The number of allylic oxidation sites excluding steroid dienone is 2. The fourth-order valence-electron chi connectivity index (χ4n) is 6.51. The summed E-state index contributed by atoms with van der Waals surface area (Å²) in [6.45, 7) is 4.22. The zero-order valence-electron chi connectivity index (χ0n) is 32.6. The topological polar surface area (TPSA) is 92.7 Å². The maximum atomic E-state index is 12.7. The Labute approximate surface area is 303 Å². The number of esters is 1. The van der Waals surface area contributed by atoms with E-state index in [9.17, 15) is 14.4 Å². The molecule has 1 unspecified atom stereocenters. The fraction of sp³-hybridized carbons (Fsp3) is 0.884. The lowest BCUT2D eigenvalue weighted by Gasteiger charge is -2.18. The van der Waals surface area contributed by atoms with Crippen molar-refractivity contribution >= 4 is 17.8 Å². The van der Waals surface area contributed by atoms with Gasteiger partial charge in [0.2, 0.25) is 5.91 Å². The number of ether oxygens (including phenoxy) is 1. The van der Waals surface area contributed by atoms with Crippen molar-refractivity contribution in [3.8, 4) is 0 Å². The molecule has 0 radical (unpaired) electrons. The Hall–Kier alpha value is -1.85. The van der Waals surface area contributed by atoms with E-state index in [0.717, 1.165) is 64.2 Å². The largest absolute Gasteiger partial charge is 0.480 e. The van der Waals surface area contributed by atoms with Crippen molar-refractivity contribution in [2.45, 2.75) is 238 Å². The molecule has 0 saturated carbocycles. The summed E-state index contributed by atoms with van der Waals surface area (Å²) in [6.07, 6.45) is 44.7. The van der Waals surface area contributed by atoms with Crippen molar-refractivity contribution in [3.63, 3.8) is 0 Å². The number of unbranched alkanes of at least 4 members (excludes halogenated alkanes) is 26. The smallest absolute Gasteiger partial charge is 0.322 e. The van der Waals surface area contributed by atoms with Crippen LogP contribution in [0.5, 0.6) is 0 Å². The van der Waals surface area contributed by atoms with Crippen molar-refractivity contribution in [2.75, 3.05) is 6.54 Å². The molecule has 0 heterocycles. The molecule has 0 aromatic heterocycles. The van der Waals surface area contributed by atoms with Crippen LogP contribution in [0.15, 0.2) is 12.2 Å². The van der Waals surface area contributed by atoms with Gasteiger partial charge in [-0.25, -0.2) is 0 Å². The second kappa shape index (κ2) is 38.9. The van der Waals surface area contributed by atoms with E-state index in [0.29, 0.717) is 12.8 Å². The number of nitrogens with one attached hydrogen (secondary N) is 1. The van der Waals surface area contributed by atoms with Crippen LogP contribution in [-0.4, -0.2) is 35.6 Å². The monoisotopic (exact) mass is 692 g/mol. The molecule has 6 nitrogen and oxygen atoms in total. The summed E-state index contributed by atoms with van der Waals surface area (Å²) in [4.78, 5) is 35.0. The molecule has 0 saturated heterocycles. The van der Waals surface area contributed by atoms with Crippen LogP contribution in [0.4, 0.5) is 0 Å². The third-order valence-corrected chi connectivity index (χ3v) is 9.69. The number of carboxylic acid groups (broad SMARTS) is 1. The zero-order chi connectivity index (χ0) is 35.9. The number of hydrogen-bond acceptors (Lipinski definition) is 4. The van der Waals surface area contributed by atoms with E-state index in [4.69, 9.17) is 9.84 Å². The van der Waals surface area contributed by atoms with Crippen LogP contribution in [-0.2, 0) is 19.1 Å². The molecule has 1 amide bonds. The van der Waals surface area contributed by atoms with E-state index < -0.39 is 5.97 Å². The quantitative estimate of drug-likeness (QED) is 0.0380. The highest BCUT2D eigenvalue weighted by atomic mass is 16.5. The number of carboxylic acids is 1. The average molecular weight is 692 g/mol. The normalized spacial score (nSPS) is 12.0. The first-order chi connectivity index (χ1) is 24.0. The highest BCUT2D eigenvalue weighted by molar-refractivity contribution is 5.80. The molecule has 0 aromatic carbocycles. The van der Waals surface area contributed by atoms with E-state index in [-0.39, 0.29) is 24.5 Å². The van der Waals surface area contributed by atoms with Gasteiger partial charge in [-0.15, -0.1) is 0 Å². The maximum Gasteiger partial charge on any atom is 0.322 e. The van der Waals surface area contributed by atoms with E-state index in [1.165, 1.54) is 141 Å². The summed E-state index contributed by atoms with van der Waals surface area (Å²) in [5, 5.41) is 11.1. The molecule has 0 aliphatic rings. The minimum atomic E-state index is -1.01. The lowest BCUT2D eigenvalue weighted by atomic mass is 10.0. The van der Waals surface area contributed by atoms with Crippen LogP contribution >= 0.6 is 0 Å². The van der Waals surface area contributed by atoms with E-state index in [1.807, 2.05) is 0 Å². The van der Waals surface area contributed by atoms with Gasteiger partial charge in [0.15, 0.2) is 0 Å². The molecule has 2 N–H and O–H groups in total. The Morgan fingerprint density at radius 1 is 0.510 bits per heavy atom. The molecule has 0 aliphatic heterocycles. The molecule has 6 heteroatoms. The van der Waals surface area contributed by atoms with Gasteiger partial charge >= 0.3 is 11.9 Å². The summed E-state index contributed by atoms with van der Waals surface area (Å²) in [5.41, 5.74) is 0. The van der Waals surface area contributed by atoms with E-state index >= 15 is 0 Å². The Morgan fingerprint density at radius 2 is 0.878 bits per heavy atom. The predicted octanol–water partition coefficient (Wildman–Crippen LogP) is 13.0. The zero-order valence-corrected chi connectivity index (χ0v) is 32.6. The van der Waals surface area contributed by atoms with Gasteiger partial charge in [0.05, 0.1) is 0 Å². The van der Waals surface area contributed by atoms with Crippen LogP contribution in [0.2, 0.25) is 0 Å². The Kier molecular flexibility index (Phi) is 37.5. The Morgan fingerprint density at radius 3 is 1.35 bits per heavy atom. The number of carbonyl (C=O) groups excluding carboxylic acids is 2. The van der Waals surface area contributed by atoms with Gasteiger partial charge in [-0.3, -0.25) is 14.4 Å². The maximum absolute atomic E-state index is 12.7. The molecule has 0 aromatic rings. The molecule has 0 fully saturated rings. The number of carbonyl (C=O) groups is 3. The summed E-state index contributed by atoms with van der Waals surface area (Å²) in [7, 11) is 0. The molecule has 0 bridgehead atoms. The first-order valence-electron chi connectivity index (χ1n) is 21.3. The molecule has 0 aliphatic carbocycles. The molecule has 0 spiro atoms. The van der Waals surface area contributed by atoms with Crippen molar-refractivity contribution < 1.29 is 24.2 Å². The van der Waals surface area contributed by atoms with Gasteiger partial charge in [-0.05, 0) is 64.2 Å². The number of rotatable bonds is 39. The Bertz CT molecular complexity index is 767. The SMILES string of the molecule is CCCCC/C=C\CCCCCCCC(=O)OC(CCCCCCCCCCCCCCCCC)CCCCCCCC(=O)NCC(=O)O. The first kappa shape index (κ1) is 47.1. The standard InChI is InChI=1S/C43H81NO5/c1-3-5-7-9-11-13-15-17-18-19-20-22-24-27-31-35-40(36-32-28-26-29-33-37-41(45)44-39-42(46)47)49-43(48)38-34-30-25-23-21-16-14-12-10-8-6-4-2/h12,14,40H,3-11,13,15-39H2,1-2H3,(H,44,45)(H,46,47)/b14-12-. The van der Waals surface area contributed by atoms with E-state index in [2.05, 4.69) is 31.3 Å². The van der Waals surface area contributed by atoms with Crippen LogP contribution in [0, 0.1) is 0 Å². The second-order valence-electron chi connectivity index (χ2n) is 14.6. The summed E-state index contributed by atoms with van der Waals surface area (Å²) >= 11 is 0. The minimum Gasteiger partial charge on any atom is -0.480 e. The van der Waals surface area contributed by atoms with Gasteiger partial charge in [-0.1, -0.05) is 167 Å². The van der Waals surface area contributed by atoms with Crippen LogP contribution in [0.25, 0.3) is 0 Å². The number of hydrogen-bond donors (Lipinski definition) is 2. The van der Waals surface area contributed by atoms with Crippen molar-refractivity contribution in [3.05, 3.63) is 12.2 Å². The molecular weight excluding hydrogens is 610 g/mol. The van der Waals surface area contributed by atoms with Crippen molar-refractivity contribution in [1.82, 2.24) is 5.32 Å². The van der Waals surface area contributed by atoms with Crippen LogP contribution in [0.1, 0.15) is 232 Å². The lowest BCUT2D eigenvalue weighted by Crippen LogP contribution is -2.28. The molecule has 0 rings (SSSR count). The average Bonchev–Trinajstić information content (AvgIpc) is 3.08. The van der Waals surface area contributed by atoms with Gasteiger partial charge in [0.25, 0.3) is 0 Å². The molecular formula is C43H81NO5. The fourth-order valence-corrected chi connectivity index (χ4v) is 6.51. The van der Waals surface area contributed by atoms with Gasteiger partial charge < -0.3 is 15.2 Å². The molecule has 49 heavy (non-hydrogen) atoms. The van der Waals surface area contributed by atoms with E-state index in [1.54, 1.807) is 0 Å². The van der Waals surface area contributed by atoms with Gasteiger partial charge in [0.1, 0.15) is 12.6 Å². The third kappa shape index (κ3) is 38.8. The van der Waals surface area contributed by atoms with Gasteiger partial charge in [-0.2, -0.15) is 0 Å². The summed E-state index contributed by atoms with van der Waals surface area (Å²) < 4.78 is 6.03. The first-order valence-corrected chi connectivity index (χ1v) is 21.3. The Balaban J connectivity index is 4.16. The van der Waals surface area contributed by atoms with Crippen molar-refractivity contribution in [2.24, 2.45) is 0 Å². The highest BCUT2D eigenvalue weighted by Gasteiger charge is 2.14. The second-order valence-corrected chi connectivity index (χ2v) is 14.6. The number of amides is 1. The summed E-state index contributed by atoms with van der Waals surface area (Å²) in [5.74, 6) is -1.23. The number of aliphatic carboxylic acids is 1. The molecule has 1 atom stereocenters. The van der Waals surface area contributed by atoms with Crippen LogP contribution in [0.3, 0.4) is 0 Å². The minimum absolute atomic E-state index is 0.0201. The lowest BCUT2D eigenvalue weighted by molar-refractivity contribution is -0.150. The third-order valence-electron chi connectivity index (χ3n) is 9.69. The highest BCUT2D eigenvalue weighted by Crippen LogP contribution is 2.19.